The number of halogens is 18. The molecule has 0 aliphatic heterocycles. The lowest BCUT2D eigenvalue weighted by Gasteiger charge is -2.27. The van der Waals surface area contributed by atoms with Gasteiger partial charge in [0, 0.05) is 0 Å². The minimum atomic E-state index is -5.82. The number of esters is 3. The van der Waals surface area contributed by atoms with Crippen LogP contribution < -0.4 is 0 Å². The van der Waals surface area contributed by atoms with Crippen molar-refractivity contribution in [3.8, 4) is 0 Å². The van der Waals surface area contributed by atoms with Gasteiger partial charge in [-0.15, -0.1) is 0 Å². The molecule has 30 heteroatoms. The van der Waals surface area contributed by atoms with Gasteiger partial charge in [-0.1, -0.05) is 48.5 Å². The number of alkyl halides is 18. The lowest BCUT2D eigenvalue weighted by Crippen LogP contribution is -2.47. The first-order valence-corrected chi connectivity index (χ1v) is 19.5. The Morgan fingerprint density at radius 1 is 0.426 bits per heavy atom. The van der Waals surface area contributed by atoms with E-state index in [1.807, 2.05) is 13.8 Å². The Morgan fingerprint density at radius 3 is 0.912 bits per heavy atom. The molecular formula is C38H56F18O12. The third-order valence-corrected chi connectivity index (χ3v) is 9.27. The molecule has 0 spiro atoms. The quantitative estimate of drug-likeness (QED) is 0.0800. The van der Waals surface area contributed by atoms with E-state index in [4.69, 9.17) is 15.3 Å². The first kappa shape index (κ1) is 72.5. The Kier molecular flexibility index (Phi) is 30.2. The highest BCUT2D eigenvalue weighted by Gasteiger charge is 2.62. The number of hydrogen-bond donors (Lipinski definition) is 3. The Hall–Kier alpha value is -4.44. The molecule has 0 aromatic heterocycles. The molecule has 3 atom stereocenters. The molecule has 0 aromatic rings. The van der Waals surface area contributed by atoms with E-state index >= 15 is 0 Å². The number of aliphatic carboxylic acids is 3. The van der Waals surface area contributed by atoms with Crippen LogP contribution in [0.1, 0.15) is 122 Å². The van der Waals surface area contributed by atoms with E-state index in [0.717, 1.165) is 13.3 Å². The summed E-state index contributed by atoms with van der Waals surface area (Å²) in [6.45, 7) is 17.7. The molecule has 0 aliphatic rings. The molecule has 406 valence electrons. The minimum Gasteiger partial charge on any atom is -0.481 e. The van der Waals surface area contributed by atoms with Gasteiger partial charge in [0.15, 0.2) is 0 Å². The molecule has 0 fully saturated rings. The molecule has 0 aliphatic carbocycles. The maximum Gasteiger partial charge on any atom is 0.434 e. The van der Waals surface area contributed by atoms with Crippen LogP contribution in [0.4, 0.5) is 79.0 Å². The van der Waals surface area contributed by atoms with Crippen LogP contribution in [0.15, 0.2) is 0 Å². The van der Waals surface area contributed by atoms with E-state index in [1.54, 1.807) is 20.8 Å². The van der Waals surface area contributed by atoms with Crippen LogP contribution in [0, 0.1) is 28.1 Å². The summed E-state index contributed by atoms with van der Waals surface area (Å²) in [6, 6.07) is 0. The minimum absolute atomic E-state index is 0.0638. The molecule has 12 nitrogen and oxygen atoms in total. The van der Waals surface area contributed by atoms with Gasteiger partial charge < -0.3 is 29.5 Å². The molecule has 0 saturated carbocycles. The third-order valence-electron chi connectivity index (χ3n) is 9.27. The van der Waals surface area contributed by atoms with Crippen LogP contribution in [0.2, 0.25) is 0 Å². The Labute approximate surface area is 378 Å². The summed E-state index contributed by atoms with van der Waals surface area (Å²) in [5.41, 5.74) is -3.73. The average molecular weight is 1050 g/mol. The van der Waals surface area contributed by atoms with Crippen molar-refractivity contribution in [3.05, 3.63) is 0 Å². The van der Waals surface area contributed by atoms with Gasteiger partial charge >= 0.3 is 72.9 Å². The number of carboxylic acids is 3. The molecular weight excluding hydrogens is 990 g/mol. The van der Waals surface area contributed by atoms with Crippen molar-refractivity contribution in [2.45, 2.75) is 177 Å². The highest BCUT2D eigenvalue weighted by Crippen LogP contribution is 2.39. The standard InChI is InChI=1S/C10H12F6O4.C9H12F6O2.C8H10F6O2.C6H12O2.C5H10O2/c1-3-8(2,7(18)19)4-5(17)20-6(9(11,12)13)10(14,15)16;1-4-7(2,3)6(16)17-5(8(10,11)12)9(13,14)15;1-3-4(2)5(15)16-6(7(9,10)11)8(12,13)14;1-4-6(2,3)5(7)8;1-3-4(2)5(6)7/h6H,3-4H2,1-2H3,(H,18,19);5H,4H2,1-3H3;4,6H,3H2,1-2H3;4H2,1-3H3,(H,7,8);4H,3H2,1-2H3,(H,6,7). The topological polar surface area (TPSA) is 191 Å². The van der Waals surface area contributed by atoms with Gasteiger partial charge in [0.2, 0.25) is 0 Å². The number of hydrogen-bond acceptors (Lipinski definition) is 9. The van der Waals surface area contributed by atoms with Crippen LogP contribution in [0.5, 0.6) is 0 Å². The van der Waals surface area contributed by atoms with Crippen LogP contribution in [-0.2, 0) is 43.0 Å². The van der Waals surface area contributed by atoms with Gasteiger partial charge in [-0.2, -0.15) is 79.0 Å². The average Bonchev–Trinajstić information content (AvgIpc) is 3.15. The number of carbonyl (C=O) groups excluding carboxylic acids is 3. The second-order valence-electron chi connectivity index (χ2n) is 15.9. The van der Waals surface area contributed by atoms with Gasteiger partial charge in [-0.3, -0.25) is 28.8 Å². The summed E-state index contributed by atoms with van der Waals surface area (Å²) >= 11 is 0. The van der Waals surface area contributed by atoms with E-state index in [0.29, 0.717) is 6.42 Å². The van der Waals surface area contributed by atoms with Gasteiger partial charge in [-0.05, 0) is 66.7 Å². The Balaban J connectivity index is -0.000000255. The maximum atomic E-state index is 12.1. The van der Waals surface area contributed by atoms with Crippen molar-refractivity contribution >= 4 is 35.8 Å². The monoisotopic (exact) mass is 1050 g/mol. The third kappa shape index (κ3) is 29.4. The van der Waals surface area contributed by atoms with Gasteiger partial charge in [0.1, 0.15) is 0 Å². The van der Waals surface area contributed by atoms with E-state index in [1.165, 1.54) is 41.5 Å². The second-order valence-corrected chi connectivity index (χ2v) is 15.9. The summed E-state index contributed by atoms with van der Waals surface area (Å²) in [7, 11) is 0. The summed E-state index contributed by atoms with van der Waals surface area (Å²) in [5.74, 6) is -9.06. The molecule has 0 radical (unpaired) electrons. The summed E-state index contributed by atoms with van der Waals surface area (Å²) in [6.07, 6.45) is -46.4. The number of carbonyl (C=O) groups is 6. The van der Waals surface area contributed by atoms with Gasteiger partial charge in [0.05, 0.1) is 34.5 Å². The highest BCUT2D eigenvalue weighted by atomic mass is 19.4. The summed E-state index contributed by atoms with van der Waals surface area (Å²) in [4.78, 5) is 64.2. The van der Waals surface area contributed by atoms with E-state index < -0.39 is 120 Å². The fourth-order valence-electron chi connectivity index (χ4n) is 2.94. The van der Waals surface area contributed by atoms with Crippen molar-refractivity contribution in [2.75, 3.05) is 0 Å². The van der Waals surface area contributed by atoms with E-state index in [2.05, 4.69) is 14.2 Å². The normalized spacial score (nSPS) is 14.4. The number of ether oxygens (including phenoxy) is 3. The van der Waals surface area contributed by atoms with Gasteiger partial charge in [0.25, 0.3) is 18.3 Å². The molecule has 0 rings (SSSR count). The lowest BCUT2D eigenvalue weighted by molar-refractivity contribution is -0.315. The molecule has 3 unspecified atom stereocenters. The molecule has 0 saturated heterocycles. The smallest absolute Gasteiger partial charge is 0.434 e. The highest BCUT2D eigenvalue weighted by molar-refractivity contribution is 5.82. The van der Waals surface area contributed by atoms with Gasteiger partial charge in [-0.25, -0.2) is 0 Å². The fourth-order valence-corrected chi connectivity index (χ4v) is 2.94. The zero-order chi connectivity index (χ0) is 56.2. The molecule has 0 bridgehead atoms. The zero-order valence-electron chi connectivity index (χ0n) is 38.4. The fraction of sp³-hybridized carbons (Fsp3) is 0.842. The number of rotatable bonds is 15. The summed E-state index contributed by atoms with van der Waals surface area (Å²) < 4.78 is 227. The predicted octanol–water partition coefficient (Wildman–Crippen LogP) is 12.1. The molecule has 0 heterocycles. The van der Waals surface area contributed by atoms with E-state index in [9.17, 15) is 108 Å². The Morgan fingerprint density at radius 2 is 0.721 bits per heavy atom. The first-order valence-electron chi connectivity index (χ1n) is 19.5. The largest absolute Gasteiger partial charge is 0.481 e. The molecule has 68 heavy (non-hydrogen) atoms. The SMILES string of the molecule is CCC(C)(C)C(=O)O.CCC(C)(C)C(=O)OC(C(F)(F)F)C(F)(F)F.CCC(C)(CC(=O)OC(C(F)(F)F)C(F)(F)F)C(=O)O.CCC(C)C(=O)O.CCC(C)C(=O)OC(C(F)(F)F)C(F)(F)F. The molecule has 0 amide bonds. The molecule has 3 N–H and O–H groups in total. The first-order chi connectivity index (χ1) is 29.7. The van der Waals surface area contributed by atoms with Crippen molar-refractivity contribution in [3.63, 3.8) is 0 Å². The van der Waals surface area contributed by atoms with Crippen LogP contribution in [0.3, 0.4) is 0 Å². The zero-order valence-corrected chi connectivity index (χ0v) is 38.4. The van der Waals surface area contributed by atoms with Crippen molar-refractivity contribution in [2.24, 2.45) is 28.1 Å². The van der Waals surface area contributed by atoms with E-state index in [-0.39, 0.29) is 25.2 Å². The predicted molar refractivity (Wildman–Crippen MR) is 199 cm³/mol. The van der Waals surface area contributed by atoms with Crippen molar-refractivity contribution in [1.82, 2.24) is 0 Å². The molecule has 0 aromatic carbocycles. The summed E-state index contributed by atoms with van der Waals surface area (Å²) in [5, 5.41) is 25.4. The number of carboxylic acid groups (broad SMARTS) is 3. The lowest BCUT2D eigenvalue weighted by atomic mass is 9.84. The van der Waals surface area contributed by atoms with Crippen LogP contribution in [0.25, 0.3) is 0 Å². The van der Waals surface area contributed by atoms with Crippen molar-refractivity contribution < 1.29 is 137 Å². The Bertz CT molecular complexity index is 1520. The van der Waals surface area contributed by atoms with Crippen molar-refractivity contribution in [1.29, 1.82) is 0 Å². The van der Waals surface area contributed by atoms with Crippen LogP contribution in [-0.4, -0.2) is 107 Å². The van der Waals surface area contributed by atoms with Crippen LogP contribution >= 0.6 is 0 Å². The maximum absolute atomic E-state index is 12.1. The second kappa shape index (κ2) is 28.3.